The lowest BCUT2D eigenvalue weighted by atomic mass is 9.99. The van der Waals surface area contributed by atoms with Gasteiger partial charge in [-0.15, -0.1) is 0 Å². The summed E-state index contributed by atoms with van der Waals surface area (Å²) in [5, 5.41) is 0. The summed E-state index contributed by atoms with van der Waals surface area (Å²) in [5.74, 6) is -2.64. The molecule has 10 nitrogen and oxygen atoms in total. The molecule has 0 aliphatic heterocycles. The van der Waals surface area contributed by atoms with Crippen molar-refractivity contribution in [2.45, 2.75) is 0 Å². The third kappa shape index (κ3) is 8.96. The lowest BCUT2D eigenvalue weighted by Crippen LogP contribution is -2.15. The van der Waals surface area contributed by atoms with Gasteiger partial charge in [-0.25, -0.2) is 19.2 Å². The topological polar surface area (TPSA) is 124 Å². The predicted molar refractivity (Wildman–Crippen MR) is 162 cm³/mol. The van der Waals surface area contributed by atoms with Gasteiger partial charge in [-0.2, -0.15) is 0 Å². The summed E-state index contributed by atoms with van der Waals surface area (Å²) in [5.41, 5.74) is 2.79. The summed E-state index contributed by atoms with van der Waals surface area (Å²) in [6.45, 7) is 14.0. The highest BCUT2D eigenvalue weighted by molar-refractivity contribution is 5.91. The van der Waals surface area contributed by atoms with Gasteiger partial charge in [0.25, 0.3) is 0 Å². The maximum absolute atomic E-state index is 12.5. The molecule has 0 amide bonds. The summed E-state index contributed by atoms with van der Waals surface area (Å²) in [6.07, 6.45) is 1.99. The largest absolute Gasteiger partial charge is 0.423 e. The first kappa shape index (κ1) is 32.9. The summed E-state index contributed by atoms with van der Waals surface area (Å²) < 4.78 is 31.3. The second-order valence-corrected chi connectivity index (χ2v) is 9.03. The molecule has 0 unspecified atom stereocenters. The monoisotopic (exact) mass is 598 g/mol. The van der Waals surface area contributed by atoms with Gasteiger partial charge in [-0.1, -0.05) is 56.6 Å². The van der Waals surface area contributed by atoms with Crippen LogP contribution in [0.5, 0.6) is 23.0 Å². The van der Waals surface area contributed by atoms with Crippen LogP contribution in [0.1, 0.15) is 0 Å². The smallest absolute Gasteiger partial charge is 0.341 e. The van der Waals surface area contributed by atoms with Crippen LogP contribution < -0.4 is 18.9 Å². The van der Waals surface area contributed by atoms with E-state index in [1.165, 1.54) is 26.4 Å². The molecule has 0 bridgehead atoms. The molecule has 0 N–H and O–H groups in total. The van der Waals surface area contributed by atoms with E-state index in [2.05, 4.69) is 26.3 Å². The average molecular weight is 599 g/mol. The predicted octanol–water partition coefficient (Wildman–Crippen LogP) is 5.42. The fourth-order valence-electron chi connectivity index (χ4n) is 3.69. The Morgan fingerprint density at radius 1 is 0.568 bits per heavy atom. The van der Waals surface area contributed by atoms with Crippen molar-refractivity contribution < 1.29 is 47.6 Å². The molecule has 0 atom stereocenters. The summed E-state index contributed by atoms with van der Waals surface area (Å²) in [7, 11) is 2.84. The SMILES string of the molecule is C=CC(=O)Oc1cc(OC(=O)C(=C)COC)cc(-c2ccc(-c3ccc(OC(=O)C=C)c(OC(=O)C(=C)COC)c3)cc2)c1. The number of carbonyl (C=O) groups excluding carboxylic acids is 4. The van der Waals surface area contributed by atoms with Crippen molar-refractivity contribution in [3.8, 4) is 45.3 Å². The van der Waals surface area contributed by atoms with Gasteiger partial charge in [-0.05, 0) is 46.5 Å². The molecule has 3 rings (SSSR count). The van der Waals surface area contributed by atoms with E-state index in [-0.39, 0.29) is 47.4 Å². The highest BCUT2D eigenvalue weighted by Gasteiger charge is 2.17. The number of carbonyl (C=O) groups is 4. The molecule has 0 spiro atoms. The quantitative estimate of drug-likeness (QED) is 0.135. The number of hydrogen-bond donors (Lipinski definition) is 0. The van der Waals surface area contributed by atoms with Gasteiger partial charge in [0.15, 0.2) is 11.5 Å². The van der Waals surface area contributed by atoms with Crippen LogP contribution in [0.25, 0.3) is 22.3 Å². The third-order valence-electron chi connectivity index (χ3n) is 5.77. The van der Waals surface area contributed by atoms with E-state index >= 15 is 0 Å². The fraction of sp³-hybridized carbons (Fsp3) is 0.118. The fourth-order valence-corrected chi connectivity index (χ4v) is 3.69. The Morgan fingerprint density at radius 2 is 1.05 bits per heavy atom. The van der Waals surface area contributed by atoms with Crippen LogP contribution in [0.4, 0.5) is 0 Å². The normalized spacial score (nSPS) is 10.2. The van der Waals surface area contributed by atoms with Gasteiger partial charge >= 0.3 is 23.9 Å². The van der Waals surface area contributed by atoms with Gasteiger partial charge in [0.1, 0.15) is 11.5 Å². The zero-order chi connectivity index (χ0) is 32.2. The molecule has 0 aliphatic rings. The van der Waals surface area contributed by atoms with E-state index in [0.717, 1.165) is 17.7 Å². The zero-order valence-electron chi connectivity index (χ0n) is 24.3. The standard InChI is InChI=1S/C34H30O10/c1-7-31(35)41-27-15-26(16-28(18-27)42-33(37)21(3)19-39-5)24-11-9-23(10-12-24)25-13-14-29(43-32(36)8-2)30(17-25)44-34(38)22(4)20-40-6/h7-18H,1-4,19-20H2,5-6H3. The van der Waals surface area contributed by atoms with Crippen molar-refractivity contribution in [1.29, 1.82) is 0 Å². The van der Waals surface area contributed by atoms with Crippen LogP contribution in [-0.4, -0.2) is 51.3 Å². The molecule has 3 aromatic rings. The van der Waals surface area contributed by atoms with Crippen molar-refractivity contribution in [3.63, 3.8) is 0 Å². The molecular formula is C34H30O10. The van der Waals surface area contributed by atoms with Gasteiger partial charge in [-0.3, -0.25) is 0 Å². The van der Waals surface area contributed by atoms with Crippen LogP contribution >= 0.6 is 0 Å². The second kappa shape index (κ2) is 15.6. The molecule has 0 saturated heterocycles. The van der Waals surface area contributed by atoms with Gasteiger partial charge in [0, 0.05) is 32.4 Å². The molecule has 10 heteroatoms. The highest BCUT2D eigenvalue weighted by Crippen LogP contribution is 2.36. The number of rotatable bonds is 14. The summed E-state index contributed by atoms with van der Waals surface area (Å²) in [4.78, 5) is 48.6. The van der Waals surface area contributed by atoms with Crippen LogP contribution in [0.2, 0.25) is 0 Å². The Kier molecular flexibility index (Phi) is 11.7. The van der Waals surface area contributed by atoms with E-state index < -0.39 is 23.9 Å². The lowest BCUT2D eigenvalue weighted by molar-refractivity contribution is -0.132. The van der Waals surface area contributed by atoms with Crippen molar-refractivity contribution in [2.24, 2.45) is 0 Å². The van der Waals surface area contributed by atoms with Crippen LogP contribution in [0.15, 0.2) is 110 Å². The molecule has 0 aliphatic carbocycles. The first-order chi connectivity index (χ1) is 21.1. The Balaban J connectivity index is 1.96. The molecule has 0 aromatic heterocycles. The number of hydrogen-bond acceptors (Lipinski definition) is 10. The Hall–Kier alpha value is -5.58. The van der Waals surface area contributed by atoms with Crippen molar-refractivity contribution in [3.05, 3.63) is 110 Å². The Bertz CT molecular complexity index is 1620. The zero-order valence-corrected chi connectivity index (χ0v) is 24.3. The molecule has 44 heavy (non-hydrogen) atoms. The minimum absolute atomic E-state index is 0.00924. The molecule has 0 fully saturated rings. The van der Waals surface area contributed by atoms with Crippen molar-refractivity contribution in [1.82, 2.24) is 0 Å². The Morgan fingerprint density at radius 3 is 1.59 bits per heavy atom. The van der Waals surface area contributed by atoms with Crippen LogP contribution in [0.3, 0.4) is 0 Å². The third-order valence-corrected chi connectivity index (χ3v) is 5.77. The molecule has 226 valence electrons. The van der Waals surface area contributed by atoms with Crippen molar-refractivity contribution >= 4 is 23.9 Å². The molecule has 0 saturated carbocycles. The number of methoxy groups -OCH3 is 2. The van der Waals surface area contributed by atoms with E-state index in [9.17, 15) is 19.2 Å². The van der Waals surface area contributed by atoms with Crippen molar-refractivity contribution in [2.75, 3.05) is 27.4 Å². The number of ether oxygens (including phenoxy) is 6. The molecular weight excluding hydrogens is 568 g/mol. The van der Waals surface area contributed by atoms with Crippen LogP contribution in [-0.2, 0) is 28.7 Å². The first-order valence-corrected chi connectivity index (χ1v) is 12.9. The minimum atomic E-state index is -0.755. The van der Waals surface area contributed by atoms with E-state index in [1.807, 2.05) is 0 Å². The Labute approximate surface area is 254 Å². The van der Waals surface area contributed by atoms with E-state index in [1.54, 1.807) is 48.5 Å². The maximum Gasteiger partial charge on any atom is 0.341 e. The maximum atomic E-state index is 12.5. The first-order valence-electron chi connectivity index (χ1n) is 12.9. The number of esters is 4. The molecule has 0 heterocycles. The summed E-state index contributed by atoms with van der Waals surface area (Å²) >= 11 is 0. The van der Waals surface area contributed by atoms with E-state index in [4.69, 9.17) is 28.4 Å². The second-order valence-electron chi connectivity index (χ2n) is 9.03. The average Bonchev–Trinajstić information content (AvgIpc) is 3.01. The van der Waals surface area contributed by atoms with Gasteiger partial charge in [0.2, 0.25) is 0 Å². The minimum Gasteiger partial charge on any atom is -0.423 e. The number of benzene rings is 3. The highest BCUT2D eigenvalue weighted by atomic mass is 16.6. The van der Waals surface area contributed by atoms with E-state index in [0.29, 0.717) is 16.7 Å². The van der Waals surface area contributed by atoms with Gasteiger partial charge in [0.05, 0.1) is 24.4 Å². The molecule has 0 radical (unpaired) electrons. The van der Waals surface area contributed by atoms with Crippen LogP contribution in [0, 0.1) is 0 Å². The molecule has 3 aromatic carbocycles. The lowest BCUT2D eigenvalue weighted by Gasteiger charge is -2.13. The van der Waals surface area contributed by atoms with Gasteiger partial charge < -0.3 is 28.4 Å². The summed E-state index contributed by atoms with van der Waals surface area (Å²) in [6, 6.07) is 16.5.